The van der Waals surface area contributed by atoms with Gasteiger partial charge in [0.05, 0.1) is 41.9 Å². The highest BCUT2D eigenvalue weighted by Crippen LogP contribution is 2.41. The zero-order chi connectivity index (χ0) is 18.8. The number of nitriles is 2. The predicted molar refractivity (Wildman–Crippen MR) is 98.2 cm³/mol. The van der Waals surface area contributed by atoms with Crippen LogP contribution in [0, 0.1) is 22.7 Å². The molecule has 3 rings (SSSR count). The zero-order valence-corrected chi connectivity index (χ0v) is 15.3. The molecule has 5 nitrogen and oxygen atoms in total. The van der Waals surface area contributed by atoms with Gasteiger partial charge in [-0.15, -0.1) is 0 Å². The van der Waals surface area contributed by atoms with Crippen LogP contribution in [0.15, 0.2) is 57.3 Å². The molecule has 6 heteroatoms. The largest absolute Gasteiger partial charge is 0.496 e. The summed E-state index contributed by atoms with van der Waals surface area (Å²) in [5.74, 6) is 1.17. The van der Waals surface area contributed by atoms with Gasteiger partial charge in [0.25, 0.3) is 0 Å². The van der Waals surface area contributed by atoms with Crippen LogP contribution in [-0.2, 0) is 0 Å². The topological polar surface area (TPSA) is 82.0 Å². The second kappa shape index (κ2) is 7.00. The number of hydrogen-bond acceptors (Lipinski definition) is 5. The van der Waals surface area contributed by atoms with Gasteiger partial charge in [0.1, 0.15) is 17.3 Å². The van der Waals surface area contributed by atoms with Gasteiger partial charge in [-0.2, -0.15) is 10.5 Å². The molecule has 130 valence electrons. The average Bonchev–Trinajstić information content (AvgIpc) is 3.10. The van der Waals surface area contributed by atoms with E-state index in [0.29, 0.717) is 50.4 Å². The Balaban J connectivity index is 2.12. The molecule has 1 aromatic carbocycles. The molecule has 0 bridgehead atoms. The van der Waals surface area contributed by atoms with Crippen LogP contribution in [-0.4, -0.2) is 7.11 Å². The van der Waals surface area contributed by atoms with Gasteiger partial charge in [0.15, 0.2) is 0 Å². The molecular formula is C20H16ClN3O2. The van der Waals surface area contributed by atoms with Crippen LogP contribution >= 0.6 is 11.6 Å². The van der Waals surface area contributed by atoms with Crippen LogP contribution in [0.4, 0.5) is 0 Å². The van der Waals surface area contributed by atoms with E-state index in [1.165, 1.54) is 0 Å². The summed E-state index contributed by atoms with van der Waals surface area (Å²) >= 11 is 6.10. The summed E-state index contributed by atoms with van der Waals surface area (Å²) in [6.45, 7) is 3.63. The first kappa shape index (κ1) is 17.7. The highest BCUT2D eigenvalue weighted by atomic mass is 35.5. The van der Waals surface area contributed by atoms with Gasteiger partial charge in [-0.05, 0) is 44.2 Å². The molecule has 2 heterocycles. The zero-order valence-electron chi connectivity index (χ0n) is 14.6. The standard InChI is InChI=1S/C20H16ClN3O2/c1-11-15(9-22)20(16(10-23)12(2)24-11)19-7-6-18(26-19)14-8-13(21)4-5-17(14)25-3/h4-8,20,24H,1-3H3. The number of hydrogen-bond donors (Lipinski definition) is 1. The van der Waals surface area contributed by atoms with Crippen LogP contribution in [0.3, 0.4) is 0 Å². The van der Waals surface area contributed by atoms with Gasteiger partial charge in [-0.1, -0.05) is 11.6 Å². The molecule has 1 aliphatic heterocycles. The Kier molecular flexibility index (Phi) is 4.75. The maximum Gasteiger partial charge on any atom is 0.138 e. The minimum Gasteiger partial charge on any atom is -0.496 e. The van der Waals surface area contributed by atoms with Gasteiger partial charge in [-0.3, -0.25) is 0 Å². The van der Waals surface area contributed by atoms with Crippen molar-refractivity contribution in [3.05, 3.63) is 63.7 Å². The van der Waals surface area contributed by atoms with E-state index in [2.05, 4.69) is 17.5 Å². The minimum atomic E-state index is -0.537. The number of nitrogens with zero attached hydrogens (tertiary/aromatic N) is 2. The summed E-state index contributed by atoms with van der Waals surface area (Å²) in [4.78, 5) is 0. The van der Waals surface area contributed by atoms with Crippen molar-refractivity contribution < 1.29 is 9.15 Å². The smallest absolute Gasteiger partial charge is 0.138 e. The van der Waals surface area contributed by atoms with E-state index < -0.39 is 5.92 Å². The van der Waals surface area contributed by atoms with E-state index in [-0.39, 0.29) is 0 Å². The number of nitrogens with one attached hydrogen (secondary N) is 1. The molecule has 0 aliphatic carbocycles. The molecular weight excluding hydrogens is 350 g/mol. The third-order valence-corrected chi connectivity index (χ3v) is 4.57. The number of halogens is 1. The summed E-state index contributed by atoms with van der Waals surface area (Å²) < 4.78 is 11.4. The number of allylic oxidation sites excluding steroid dienone is 4. The van der Waals surface area contributed by atoms with E-state index in [0.717, 1.165) is 0 Å². The quantitative estimate of drug-likeness (QED) is 0.837. The molecule has 1 N–H and O–H groups in total. The number of benzene rings is 1. The Bertz CT molecular complexity index is 982. The molecule has 0 unspecified atom stereocenters. The first-order chi connectivity index (χ1) is 12.5. The Morgan fingerprint density at radius 1 is 1.08 bits per heavy atom. The lowest BCUT2D eigenvalue weighted by Gasteiger charge is -2.24. The van der Waals surface area contributed by atoms with Crippen molar-refractivity contribution in [2.75, 3.05) is 7.11 Å². The van der Waals surface area contributed by atoms with Crippen molar-refractivity contribution in [2.45, 2.75) is 19.8 Å². The Morgan fingerprint density at radius 3 is 2.31 bits per heavy atom. The van der Waals surface area contributed by atoms with Gasteiger partial charge in [0, 0.05) is 16.4 Å². The van der Waals surface area contributed by atoms with Gasteiger partial charge in [-0.25, -0.2) is 0 Å². The number of methoxy groups -OCH3 is 1. The maximum atomic E-state index is 9.58. The minimum absolute atomic E-state index is 0.464. The average molecular weight is 366 g/mol. The number of dihydropyridines is 1. The van der Waals surface area contributed by atoms with Crippen LogP contribution in [0.2, 0.25) is 5.02 Å². The summed E-state index contributed by atoms with van der Waals surface area (Å²) in [5, 5.41) is 22.8. The molecule has 0 amide bonds. The summed E-state index contributed by atoms with van der Waals surface area (Å²) in [7, 11) is 1.57. The van der Waals surface area contributed by atoms with E-state index >= 15 is 0 Å². The first-order valence-electron chi connectivity index (χ1n) is 7.92. The lowest BCUT2D eigenvalue weighted by molar-refractivity contribution is 0.414. The lowest BCUT2D eigenvalue weighted by atomic mass is 9.85. The lowest BCUT2D eigenvalue weighted by Crippen LogP contribution is -2.23. The van der Waals surface area contributed by atoms with Crippen LogP contribution in [0.25, 0.3) is 11.3 Å². The SMILES string of the molecule is COc1ccc(Cl)cc1-c1ccc(C2C(C#N)=C(C)NC(C)=C2C#N)o1. The molecule has 2 aromatic rings. The van der Waals surface area contributed by atoms with Crippen molar-refractivity contribution >= 4 is 11.6 Å². The van der Waals surface area contributed by atoms with Gasteiger partial charge >= 0.3 is 0 Å². The predicted octanol–water partition coefficient (Wildman–Crippen LogP) is 4.89. The molecule has 0 saturated heterocycles. The van der Waals surface area contributed by atoms with E-state index in [1.807, 2.05) is 13.8 Å². The van der Waals surface area contributed by atoms with Crippen molar-refractivity contribution in [3.8, 4) is 29.2 Å². The number of rotatable bonds is 3. The maximum absolute atomic E-state index is 9.58. The second-order valence-electron chi connectivity index (χ2n) is 5.91. The van der Waals surface area contributed by atoms with Gasteiger partial charge in [0.2, 0.25) is 0 Å². The van der Waals surface area contributed by atoms with E-state index in [1.54, 1.807) is 37.4 Å². The van der Waals surface area contributed by atoms with Crippen LogP contribution < -0.4 is 10.1 Å². The van der Waals surface area contributed by atoms with Crippen molar-refractivity contribution in [3.63, 3.8) is 0 Å². The molecule has 1 aliphatic rings. The normalized spacial score (nSPS) is 14.7. The molecule has 1 aromatic heterocycles. The molecule has 0 spiro atoms. The highest BCUT2D eigenvalue weighted by Gasteiger charge is 2.32. The number of ether oxygens (including phenoxy) is 1. The fourth-order valence-electron chi connectivity index (χ4n) is 3.10. The molecule has 0 fully saturated rings. The third-order valence-electron chi connectivity index (χ3n) is 4.34. The fourth-order valence-corrected chi connectivity index (χ4v) is 3.27. The Hall–Kier alpha value is -3.15. The summed E-state index contributed by atoms with van der Waals surface area (Å²) in [6, 6.07) is 13.2. The van der Waals surface area contributed by atoms with Crippen LogP contribution in [0.1, 0.15) is 25.5 Å². The summed E-state index contributed by atoms with van der Waals surface area (Å²) in [6.07, 6.45) is 0. The third kappa shape index (κ3) is 2.94. The van der Waals surface area contributed by atoms with Crippen LogP contribution in [0.5, 0.6) is 5.75 Å². The van der Waals surface area contributed by atoms with E-state index in [9.17, 15) is 10.5 Å². The van der Waals surface area contributed by atoms with Gasteiger partial charge < -0.3 is 14.5 Å². The van der Waals surface area contributed by atoms with E-state index in [4.69, 9.17) is 20.8 Å². The van der Waals surface area contributed by atoms with Crippen molar-refractivity contribution in [2.24, 2.45) is 0 Å². The highest BCUT2D eigenvalue weighted by molar-refractivity contribution is 6.30. The fraction of sp³-hybridized carbons (Fsp3) is 0.200. The summed E-state index contributed by atoms with van der Waals surface area (Å²) in [5.41, 5.74) is 3.07. The number of furan rings is 1. The molecule has 0 atom stereocenters. The molecule has 0 radical (unpaired) electrons. The Labute approximate surface area is 156 Å². The second-order valence-corrected chi connectivity index (χ2v) is 6.34. The molecule has 0 saturated carbocycles. The van der Waals surface area contributed by atoms with Crippen molar-refractivity contribution in [1.82, 2.24) is 5.32 Å². The van der Waals surface area contributed by atoms with Crippen molar-refractivity contribution in [1.29, 1.82) is 10.5 Å². The monoisotopic (exact) mass is 365 g/mol. The molecule has 26 heavy (non-hydrogen) atoms. The Morgan fingerprint density at radius 2 is 1.73 bits per heavy atom. The first-order valence-corrected chi connectivity index (χ1v) is 8.30.